The number of hydrazine groups is 1. The molecule has 8 heteroatoms. The highest BCUT2D eigenvalue weighted by Gasteiger charge is 2.16. The van der Waals surface area contributed by atoms with Crippen molar-refractivity contribution in [2.45, 2.75) is 20.3 Å². The molecular formula is C16H27N5O3. The molecule has 0 aliphatic heterocycles. The Morgan fingerprint density at radius 3 is 2.50 bits per heavy atom. The molecular weight excluding hydrogens is 310 g/mol. The maximum atomic E-state index is 11.9. The molecule has 1 aromatic rings. The molecule has 0 aliphatic carbocycles. The second kappa shape index (κ2) is 8.97. The minimum atomic E-state index is -0.428. The predicted molar refractivity (Wildman–Crippen MR) is 92.9 cm³/mol. The van der Waals surface area contributed by atoms with Crippen molar-refractivity contribution < 1.29 is 14.3 Å². The van der Waals surface area contributed by atoms with E-state index in [1.807, 2.05) is 13.8 Å². The van der Waals surface area contributed by atoms with Gasteiger partial charge in [-0.2, -0.15) is 0 Å². The highest BCUT2D eigenvalue weighted by Crippen LogP contribution is 2.20. The molecule has 0 spiro atoms. The number of nitrogens with two attached hydrogens (primary N) is 2. The first kappa shape index (κ1) is 19.6. The van der Waals surface area contributed by atoms with Crippen LogP contribution >= 0.6 is 0 Å². The molecule has 1 heterocycles. The van der Waals surface area contributed by atoms with E-state index in [9.17, 15) is 4.79 Å². The maximum Gasteiger partial charge on any atom is 0.409 e. The molecule has 0 saturated heterocycles. The number of aromatic nitrogens is 1. The minimum absolute atomic E-state index is 0.0432. The van der Waals surface area contributed by atoms with Crippen LogP contribution < -0.4 is 16.3 Å². The number of rotatable bonds is 7. The second-order valence-electron chi connectivity index (χ2n) is 5.43. The molecule has 0 radical (unpaired) electrons. The number of nitrogens with zero attached hydrogens (tertiary/aromatic N) is 3. The summed E-state index contributed by atoms with van der Waals surface area (Å²) in [5.74, 6) is 6.50. The molecule has 8 nitrogen and oxygen atoms in total. The molecule has 0 atom stereocenters. The standard InChI is InChI=1S/C16H27N5O3/c1-6-9-20(3)16(22)24-10-13(21(4)18)15(17)12-7-8-14(23-5)11(2)19-12/h7-8H,6,9-10,17-18H2,1-5H3/b15-13-. The summed E-state index contributed by atoms with van der Waals surface area (Å²) in [6.45, 7) is 4.38. The lowest BCUT2D eigenvalue weighted by Crippen LogP contribution is -2.34. The topological polar surface area (TPSA) is 107 Å². The van der Waals surface area contributed by atoms with Crippen LogP contribution in [0.4, 0.5) is 4.79 Å². The fourth-order valence-corrected chi connectivity index (χ4v) is 2.10. The van der Waals surface area contributed by atoms with Gasteiger partial charge in [-0.15, -0.1) is 0 Å². The summed E-state index contributed by atoms with van der Waals surface area (Å²) in [6.07, 6.45) is 0.422. The van der Waals surface area contributed by atoms with Crippen molar-refractivity contribution in [1.29, 1.82) is 0 Å². The van der Waals surface area contributed by atoms with Crippen LogP contribution in [0.5, 0.6) is 5.75 Å². The molecule has 0 aliphatic rings. The van der Waals surface area contributed by atoms with Crippen molar-refractivity contribution in [1.82, 2.24) is 14.9 Å². The van der Waals surface area contributed by atoms with Crippen LogP contribution in [-0.2, 0) is 4.74 Å². The van der Waals surface area contributed by atoms with Gasteiger partial charge >= 0.3 is 6.09 Å². The Morgan fingerprint density at radius 1 is 1.33 bits per heavy atom. The minimum Gasteiger partial charge on any atom is -0.495 e. The third kappa shape index (κ3) is 5.02. The third-order valence-corrected chi connectivity index (χ3v) is 3.47. The van der Waals surface area contributed by atoms with Crippen LogP contribution in [0.3, 0.4) is 0 Å². The number of carbonyl (C=O) groups is 1. The van der Waals surface area contributed by atoms with Gasteiger partial charge in [0.2, 0.25) is 0 Å². The SMILES string of the molecule is CCCN(C)C(=O)OC/C(=C(/N)c1ccc(OC)c(C)n1)N(C)N. The maximum absolute atomic E-state index is 11.9. The predicted octanol–water partition coefficient (Wildman–Crippen LogP) is 1.31. The van der Waals surface area contributed by atoms with Gasteiger partial charge in [-0.1, -0.05) is 6.92 Å². The highest BCUT2D eigenvalue weighted by atomic mass is 16.6. The fourth-order valence-electron chi connectivity index (χ4n) is 2.10. The zero-order valence-corrected chi connectivity index (χ0v) is 15.0. The Balaban J connectivity index is 2.98. The van der Waals surface area contributed by atoms with Crippen LogP contribution in [0.15, 0.2) is 17.8 Å². The van der Waals surface area contributed by atoms with E-state index in [4.69, 9.17) is 21.1 Å². The summed E-state index contributed by atoms with van der Waals surface area (Å²) in [4.78, 5) is 17.8. The Morgan fingerprint density at radius 2 is 2.00 bits per heavy atom. The lowest BCUT2D eigenvalue weighted by molar-refractivity contribution is 0.113. The normalized spacial score (nSPS) is 11.6. The van der Waals surface area contributed by atoms with Gasteiger partial charge in [-0.05, 0) is 25.5 Å². The van der Waals surface area contributed by atoms with E-state index in [0.717, 1.165) is 6.42 Å². The molecule has 1 amide bonds. The Bertz CT molecular complexity index is 601. The van der Waals surface area contributed by atoms with Gasteiger partial charge in [0, 0.05) is 20.6 Å². The number of amides is 1. The smallest absolute Gasteiger partial charge is 0.409 e. The second-order valence-corrected chi connectivity index (χ2v) is 5.43. The van der Waals surface area contributed by atoms with E-state index in [1.54, 1.807) is 33.3 Å². The number of hydrogen-bond donors (Lipinski definition) is 2. The molecule has 0 bridgehead atoms. The quantitative estimate of drug-likeness (QED) is 0.570. The number of ether oxygens (including phenoxy) is 2. The van der Waals surface area contributed by atoms with Gasteiger partial charge in [0.15, 0.2) is 0 Å². The summed E-state index contributed by atoms with van der Waals surface area (Å²) >= 11 is 0. The largest absolute Gasteiger partial charge is 0.495 e. The molecule has 0 unspecified atom stereocenters. The summed E-state index contributed by atoms with van der Waals surface area (Å²) in [5, 5.41) is 1.32. The number of carbonyl (C=O) groups excluding carboxylic acids is 1. The number of hydrogen-bond acceptors (Lipinski definition) is 7. The lowest BCUT2D eigenvalue weighted by atomic mass is 10.2. The highest BCUT2D eigenvalue weighted by molar-refractivity contribution is 5.68. The number of methoxy groups -OCH3 is 1. The van der Waals surface area contributed by atoms with Crippen LogP contribution in [0.2, 0.25) is 0 Å². The summed E-state index contributed by atoms with van der Waals surface area (Å²) < 4.78 is 10.5. The van der Waals surface area contributed by atoms with E-state index in [2.05, 4.69) is 4.98 Å². The first-order valence-electron chi connectivity index (χ1n) is 7.68. The van der Waals surface area contributed by atoms with Crippen LogP contribution in [0.25, 0.3) is 5.70 Å². The fraction of sp³-hybridized carbons (Fsp3) is 0.500. The Kier molecular flexibility index (Phi) is 7.31. The molecule has 1 rings (SSSR count). The van der Waals surface area contributed by atoms with Crippen molar-refractivity contribution in [3.8, 4) is 5.75 Å². The zero-order valence-electron chi connectivity index (χ0n) is 15.0. The number of aryl methyl sites for hydroxylation is 1. The molecule has 134 valence electrons. The lowest BCUT2D eigenvalue weighted by Gasteiger charge is -2.22. The average molecular weight is 337 g/mol. The number of pyridine rings is 1. The molecule has 0 saturated carbocycles. The van der Waals surface area contributed by atoms with Crippen molar-refractivity contribution in [3.05, 3.63) is 29.2 Å². The van der Waals surface area contributed by atoms with Gasteiger partial charge in [0.05, 0.1) is 29.9 Å². The molecule has 0 fully saturated rings. The van der Waals surface area contributed by atoms with Gasteiger partial charge in [-0.3, -0.25) is 0 Å². The van der Waals surface area contributed by atoms with Gasteiger partial charge in [0.1, 0.15) is 12.4 Å². The number of likely N-dealkylation sites (N-methyl/N-ethyl adjacent to an activating group) is 1. The molecule has 24 heavy (non-hydrogen) atoms. The Labute approximate surface area is 143 Å². The summed E-state index contributed by atoms with van der Waals surface area (Å²) in [5.41, 5.74) is 8.22. The monoisotopic (exact) mass is 337 g/mol. The third-order valence-electron chi connectivity index (χ3n) is 3.47. The van der Waals surface area contributed by atoms with Crippen LogP contribution in [-0.4, -0.2) is 55.3 Å². The molecule has 0 aromatic carbocycles. The van der Waals surface area contributed by atoms with Gasteiger partial charge in [0.25, 0.3) is 0 Å². The van der Waals surface area contributed by atoms with E-state index < -0.39 is 6.09 Å². The van der Waals surface area contributed by atoms with E-state index in [-0.39, 0.29) is 6.61 Å². The van der Waals surface area contributed by atoms with Gasteiger partial charge in [-0.25, -0.2) is 15.6 Å². The van der Waals surface area contributed by atoms with Crippen molar-refractivity contribution in [3.63, 3.8) is 0 Å². The van der Waals surface area contributed by atoms with Crippen LogP contribution in [0, 0.1) is 6.92 Å². The Hall–Kier alpha value is -2.48. The van der Waals surface area contributed by atoms with Crippen molar-refractivity contribution >= 4 is 11.8 Å². The van der Waals surface area contributed by atoms with Gasteiger partial charge < -0.3 is 25.1 Å². The molecule has 4 N–H and O–H groups in total. The summed E-state index contributed by atoms with van der Waals surface area (Å²) in [7, 11) is 4.88. The molecule has 1 aromatic heterocycles. The van der Waals surface area contributed by atoms with E-state index in [1.165, 1.54) is 9.91 Å². The first-order valence-corrected chi connectivity index (χ1v) is 7.68. The van der Waals surface area contributed by atoms with Crippen molar-refractivity contribution in [2.75, 3.05) is 34.4 Å². The van der Waals surface area contributed by atoms with Crippen molar-refractivity contribution in [2.24, 2.45) is 11.6 Å². The van der Waals surface area contributed by atoms with Crippen LogP contribution in [0.1, 0.15) is 24.7 Å². The zero-order chi connectivity index (χ0) is 18.3. The van der Waals surface area contributed by atoms with E-state index in [0.29, 0.717) is 35.1 Å². The first-order chi connectivity index (χ1) is 11.3. The summed E-state index contributed by atoms with van der Waals surface area (Å²) in [6, 6.07) is 3.51. The van der Waals surface area contributed by atoms with E-state index >= 15 is 0 Å². The average Bonchev–Trinajstić information content (AvgIpc) is 2.54.